The molecule has 1 N–H and O–H groups in total. The molecule has 10 heteroatoms. The van der Waals surface area contributed by atoms with Crippen molar-refractivity contribution in [3.63, 3.8) is 0 Å². The Balaban J connectivity index is 1.66. The molecule has 0 unspecified atom stereocenters. The smallest absolute Gasteiger partial charge is 0.274 e. The van der Waals surface area contributed by atoms with Crippen LogP contribution in [0.25, 0.3) is 17.1 Å². The van der Waals surface area contributed by atoms with Gasteiger partial charge in [0.05, 0.1) is 37.0 Å². The molecule has 146 valence electrons. The van der Waals surface area contributed by atoms with Crippen LogP contribution >= 0.6 is 0 Å². The van der Waals surface area contributed by atoms with Crippen LogP contribution in [-0.2, 0) is 4.74 Å². The molecular formula is C18H21N7O3. The van der Waals surface area contributed by atoms with Crippen LogP contribution in [0, 0.1) is 0 Å². The Morgan fingerprint density at radius 2 is 2.04 bits per heavy atom. The number of ether oxygens (including phenoxy) is 2. The first-order valence-electron chi connectivity index (χ1n) is 8.98. The summed E-state index contributed by atoms with van der Waals surface area (Å²) in [4.78, 5) is 19.0. The number of likely N-dealkylation sites (tertiary alicyclic amines) is 1. The average molecular weight is 383 g/mol. The number of nitrogens with zero attached hydrogens (tertiary/aromatic N) is 6. The van der Waals surface area contributed by atoms with E-state index in [1.165, 1.54) is 0 Å². The van der Waals surface area contributed by atoms with Crippen LogP contribution in [0.15, 0.2) is 30.6 Å². The summed E-state index contributed by atoms with van der Waals surface area (Å²) in [7, 11) is 3.26. The number of rotatable bonds is 5. The van der Waals surface area contributed by atoms with E-state index in [1.54, 1.807) is 48.3 Å². The number of piperidine rings is 1. The van der Waals surface area contributed by atoms with Gasteiger partial charge < -0.3 is 14.4 Å². The number of carbonyl (C=O) groups is 1. The predicted molar refractivity (Wildman–Crippen MR) is 99.2 cm³/mol. The highest BCUT2D eigenvalue weighted by atomic mass is 16.5. The normalized spacial score (nSPS) is 15.0. The molecule has 1 saturated heterocycles. The molecule has 3 aromatic heterocycles. The zero-order valence-corrected chi connectivity index (χ0v) is 15.7. The van der Waals surface area contributed by atoms with Crippen LogP contribution in [-0.4, -0.2) is 74.4 Å². The van der Waals surface area contributed by atoms with Gasteiger partial charge in [0, 0.05) is 26.3 Å². The summed E-state index contributed by atoms with van der Waals surface area (Å²) in [6.45, 7) is 1.29. The molecule has 1 aliphatic rings. The molecule has 3 aromatic rings. The Hall–Kier alpha value is -3.27. The Labute approximate surface area is 161 Å². The maximum absolute atomic E-state index is 13.0. The van der Waals surface area contributed by atoms with E-state index in [9.17, 15) is 4.79 Å². The van der Waals surface area contributed by atoms with Crippen LogP contribution in [0.3, 0.4) is 0 Å². The number of H-pyrrole nitrogens is 1. The van der Waals surface area contributed by atoms with Crippen molar-refractivity contribution in [2.24, 2.45) is 0 Å². The number of nitrogens with one attached hydrogen (secondary N) is 1. The van der Waals surface area contributed by atoms with E-state index in [-0.39, 0.29) is 12.0 Å². The second-order valence-electron chi connectivity index (χ2n) is 6.47. The summed E-state index contributed by atoms with van der Waals surface area (Å²) in [5.41, 5.74) is 2.27. The number of hydrogen-bond acceptors (Lipinski definition) is 7. The molecule has 0 aromatic carbocycles. The number of aromatic amines is 1. The number of pyridine rings is 1. The van der Waals surface area contributed by atoms with E-state index in [0.717, 1.165) is 12.8 Å². The van der Waals surface area contributed by atoms with Crippen molar-refractivity contribution < 1.29 is 14.3 Å². The lowest BCUT2D eigenvalue weighted by Crippen LogP contribution is -2.40. The molecule has 0 atom stereocenters. The van der Waals surface area contributed by atoms with Gasteiger partial charge >= 0.3 is 0 Å². The van der Waals surface area contributed by atoms with E-state index >= 15 is 0 Å². The molecule has 28 heavy (non-hydrogen) atoms. The van der Waals surface area contributed by atoms with Gasteiger partial charge in [-0.25, -0.2) is 9.67 Å². The Bertz CT molecular complexity index is 929. The quantitative estimate of drug-likeness (QED) is 0.707. The van der Waals surface area contributed by atoms with Gasteiger partial charge in [0.1, 0.15) is 5.69 Å². The third-order valence-electron chi connectivity index (χ3n) is 4.84. The highest BCUT2D eigenvalue weighted by molar-refractivity contribution is 5.93. The molecule has 10 nitrogen and oxygen atoms in total. The highest BCUT2D eigenvalue weighted by Gasteiger charge is 2.26. The maximum Gasteiger partial charge on any atom is 0.274 e. The number of hydrogen-bond donors (Lipinski definition) is 1. The van der Waals surface area contributed by atoms with Crippen molar-refractivity contribution in [1.29, 1.82) is 0 Å². The third-order valence-corrected chi connectivity index (χ3v) is 4.84. The van der Waals surface area contributed by atoms with Crippen LogP contribution in [0.4, 0.5) is 0 Å². The zero-order chi connectivity index (χ0) is 19.5. The summed E-state index contributed by atoms with van der Waals surface area (Å²) in [6, 6.07) is 5.29. The lowest BCUT2D eigenvalue weighted by Gasteiger charge is -2.30. The van der Waals surface area contributed by atoms with Crippen LogP contribution in [0.5, 0.6) is 5.88 Å². The largest absolute Gasteiger partial charge is 0.481 e. The summed E-state index contributed by atoms with van der Waals surface area (Å²) in [6.07, 6.45) is 5.07. The second-order valence-corrected chi connectivity index (χ2v) is 6.47. The second kappa shape index (κ2) is 7.77. The third kappa shape index (κ3) is 3.46. The SMILES string of the molecule is COc1ccc(-n2nc(C(=O)N3CCC(OC)CC3)cc2-c2cn[nH]n2)cn1. The highest BCUT2D eigenvalue weighted by Crippen LogP contribution is 2.24. The molecule has 0 radical (unpaired) electrons. The average Bonchev–Trinajstić information content (AvgIpc) is 3.43. The predicted octanol–water partition coefficient (Wildman–Crippen LogP) is 1.31. The van der Waals surface area contributed by atoms with Gasteiger partial charge in [0.25, 0.3) is 5.91 Å². The van der Waals surface area contributed by atoms with Crippen LogP contribution in [0.2, 0.25) is 0 Å². The van der Waals surface area contributed by atoms with Crippen molar-refractivity contribution in [2.45, 2.75) is 18.9 Å². The van der Waals surface area contributed by atoms with Crippen molar-refractivity contribution in [1.82, 2.24) is 35.1 Å². The van der Waals surface area contributed by atoms with E-state index in [2.05, 4.69) is 25.5 Å². The molecule has 0 spiro atoms. The minimum atomic E-state index is -0.112. The van der Waals surface area contributed by atoms with Gasteiger partial charge in [-0.15, -0.1) is 0 Å². The summed E-state index contributed by atoms with van der Waals surface area (Å²) >= 11 is 0. The van der Waals surface area contributed by atoms with Gasteiger partial charge in [-0.05, 0) is 25.0 Å². The molecule has 1 aliphatic heterocycles. The lowest BCUT2D eigenvalue weighted by atomic mass is 10.1. The van der Waals surface area contributed by atoms with Gasteiger partial charge in [-0.1, -0.05) is 0 Å². The fourth-order valence-electron chi connectivity index (χ4n) is 3.27. The molecule has 4 heterocycles. The van der Waals surface area contributed by atoms with Crippen molar-refractivity contribution >= 4 is 5.91 Å². The molecule has 0 aliphatic carbocycles. The molecule has 0 saturated carbocycles. The van der Waals surface area contributed by atoms with Crippen molar-refractivity contribution in [3.05, 3.63) is 36.3 Å². The standard InChI is InChI=1S/C18H21N7O3/c1-27-13-5-7-24(8-6-13)18(26)14-9-16(15-11-20-23-21-15)25(22-14)12-3-4-17(28-2)19-10-12/h3-4,9-11,13H,5-8H2,1-2H3,(H,20,21,23). The fraction of sp³-hybridized carbons (Fsp3) is 0.389. The van der Waals surface area contributed by atoms with Crippen LogP contribution in [0.1, 0.15) is 23.3 Å². The summed E-state index contributed by atoms with van der Waals surface area (Å²) in [5.74, 6) is 0.385. The van der Waals surface area contributed by atoms with E-state index in [4.69, 9.17) is 9.47 Å². The first kappa shape index (κ1) is 18.1. The number of methoxy groups -OCH3 is 2. The topological polar surface area (TPSA) is 111 Å². The number of aromatic nitrogens is 6. The zero-order valence-electron chi connectivity index (χ0n) is 15.7. The summed E-state index contributed by atoms with van der Waals surface area (Å²) < 4.78 is 12.1. The van der Waals surface area contributed by atoms with Crippen molar-refractivity contribution in [3.8, 4) is 23.0 Å². The minimum Gasteiger partial charge on any atom is -0.481 e. The van der Waals surface area contributed by atoms with Gasteiger partial charge in [0.15, 0.2) is 5.69 Å². The van der Waals surface area contributed by atoms with E-state index in [1.807, 2.05) is 6.07 Å². The molecule has 1 amide bonds. The molecule has 4 rings (SSSR count). The van der Waals surface area contributed by atoms with Gasteiger partial charge in [-0.2, -0.15) is 20.5 Å². The lowest BCUT2D eigenvalue weighted by molar-refractivity contribution is 0.0347. The summed E-state index contributed by atoms with van der Waals surface area (Å²) in [5, 5.41) is 15.1. The number of carbonyl (C=O) groups excluding carboxylic acids is 1. The van der Waals surface area contributed by atoms with Gasteiger partial charge in [0.2, 0.25) is 5.88 Å². The van der Waals surface area contributed by atoms with E-state index < -0.39 is 0 Å². The Morgan fingerprint density at radius 1 is 1.21 bits per heavy atom. The fourth-order valence-corrected chi connectivity index (χ4v) is 3.27. The monoisotopic (exact) mass is 383 g/mol. The molecule has 1 fully saturated rings. The minimum absolute atomic E-state index is 0.112. The molecular weight excluding hydrogens is 362 g/mol. The molecule has 0 bridgehead atoms. The van der Waals surface area contributed by atoms with E-state index in [0.29, 0.717) is 41.7 Å². The Morgan fingerprint density at radius 3 is 2.64 bits per heavy atom. The first-order chi connectivity index (χ1) is 13.7. The van der Waals surface area contributed by atoms with Crippen LogP contribution < -0.4 is 4.74 Å². The van der Waals surface area contributed by atoms with Gasteiger partial charge in [-0.3, -0.25) is 4.79 Å². The van der Waals surface area contributed by atoms with Crippen molar-refractivity contribution in [2.75, 3.05) is 27.3 Å². The maximum atomic E-state index is 13.0. The Kier molecular flexibility index (Phi) is 5.02. The number of amides is 1. The first-order valence-corrected chi connectivity index (χ1v) is 8.98.